The first-order valence-electron chi connectivity index (χ1n) is 21.2. The van der Waals surface area contributed by atoms with Gasteiger partial charge in [0.25, 0.3) is 0 Å². The van der Waals surface area contributed by atoms with E-state index in [1.807, 2.05) is 0 Å². The van der Waals surface area contributed by atoms with Crippen LogP contribution in [0.4, 0.5) is 0 Å². The number of nitrogens with zero attached hydrogens (tertiary/aromatic N) is 1. The molecule has 0 bridgehead atoms. The van der Waals surface area contributed by atoms with Gasteiger partial charge in [-0.1, -0.05) is 182 Å². The maximum absolute atomic E-state index is 2.46. The molecule has 0 unspecified atom stereocenters. The molecule has 0 saturated heterocycles. The Labute approximate surface area is 353 Å². The van der Waals surface area contributed by atoms with Crippen molar-refractivity contribution in [1.82, 2.24) is 4.57 Å². The molecule has 282 valence electrons. The number of aromatic nitrogens is 1. The topological polar surface area (TPSA) is 4.93 Å². The van der Waals surface area contributed by atoms with Gasteiger partial charge in [0.05, 0.1) is 11.0 Å². The Hall–Kier alpha value is -8.00. The van der Waals surface area contributed by atoms with Crippen LogP contribution in [0.2, 0.25) is 0 Å². The van der Waals surface area contributed by atoms with Crippen molar-refractivity contribution in [2.45, 2.75) is 0 Å². The number of benzene rings is 12. The molecule has 13 rings (SSSR count). The fourth-order valence-electron chi connectivity index (χ4n) is 10.3. The van der Waals surface area contributed by atoms with Crippen LogP contribution in [0, 0.1) is 0 Å². The van der Waals surface area contributed by atoms with Gasteiger partial charge in [-0.2, -0.15) is 0 Å². The molecule has 12 aromatic carbocycles. The first-order valence-corrected chi connectivity index (χ1v) is 21.2. The molecule has 1 aromatic heterocycles. The summed E-state index contributed by atoms with van der Waals surface area (Å²) in [7, 11) is 0. The molecule has 1 heteroatoms. The molecular formula is C60H37N. The Kier molecular flexibility index (Phi) is 7.37. The maximum atomic E-state index is 2.46. The van der Waals surface area contributed by atoms with E-state index in [2.05, 4.69) is 229 Å². The van der Waals surface area contributed by atoms with Crippen LogP contribution in [-0.2, 0) is 0 Å². The Morgan fingerprint density at radius 1 is 0.246 bits per heavy atom. The average molecular weight is 772 g/mol. The molecule has 0 radical (unpaired) electrons. The van der Waals surface area contributed by atoms with Crippen molar-refractivity contribution >= 4 is 86.4 Å². The zero-order valence-electron chi connectivity index (χ0n) is 33.3. The minimum absolute atomic E-state index is 1.17. The lowest BCUT2D eigenvalue weighted by atomic mass is 9.84. The summed E-state index contributed by atoms with van der Waals surface area (Å²) in [5.41, 5.74) is 11.1. The number of para-hydroxylation sites is 1. The van der Waals surface area contributed by atoms with E-state index < -0.39 is 0 Å². The molecule has 0 amide bonds. The summed E-state index contributed by atoms with van der Waals surface area (Å²) in [5, 5.41) is 17.5. The number of rotatable bonds is 4. The summed E-state index contributed by atoms with van der Waals surface area (Å²) in [5.74, 6) is 0. The van der Waals surface area contributed by atoms with Crippen molar-refractivity contribution in [2.24, 2.45) is 0 Å². The van der Waals surface area contributed by atoms with Crippen LogP contribution >= 0.6 is 0 Å². The highest BCUT2D eigenvalue weighted by Gasteiger charge is 2.19. The van der Waals surface area contributed by atoms with E-state index in [0.717, 1.165) is 0 Å². The molecule has 0 aliphatic carbocycles. The second kappa shape index (κ2) is 13.3. The van der Waals surface area contributed by atoms with Crippen LogP contribution in [0.25, 0.3) is 126 Å². The molecule has 0 aliphatic rings. The molecule has 13 aromatic rings. The minimum atomic E-state index is 1.17. The van der Waals surface area contributed by atoms with Gasteiger partial charge in [0.1, 0.15) is 0 Å². The highest BCUT2D eigenvalue weighted by Crippen LogP contribution is 2.46. The van der Waals surface area contributed by atoms with Crippen LogP contribution in [0.5, 0.6) is 0 Å². The SMILES string of the molecule is c1ccc(-c2c3ccccc3c(-c3ccc4cc5cc(-n6c7ccccc7c7ccc8ccccc8c76)ccc5cc4c3)c3ccc(-c4cccc5ccccc45)cc23)cc1. The zero-order valence-corrected chi connectivity index (χ0v) is 33.3. The summed E-state index contributed by atoms with van der Waals surface area (Å²) >= 11 is 0. The summed E-state index contributed by atoms with van der Waals surface area (Å²) in [6.07, 6.45) is 0. The third-order valence-electron chi connectivity index (χ3n) is 13.1. The minimum Gasteiger partial charge on any atom is -0.309 e. The first kappa shape index (κ1) is 33.9. The van der Waals surface area contributed by atoms with E-state index in [4.69, 9.17) is 0 Å². The van der Waals surface area contributed by atoms with Crippen molar-refractivity contribution in [3.8, 4) is 39.1 Å². The Morgan fingerprint density at radius 2 is 0.803 bits per heavy atom. The highest BCUT2D eigenvalue weighted by atomic mass is 15.0. The van der Waals surface area contributed by atoms with Crippen molar-refractivity contribution in [2.75, 3.05) is 0 Å². The van der Waals surface area contributed by atoms with E-state index in [0.29, 0.717) is 0 Å². The normalized spacial score (nSPS) is 11.9. The molecular weight excluding hydrogens is 735 g/mol. The standard InChI is InChI=1S/C60H37N/c1-2-15-40(16-3-1)58-52-21-8-9-22-53(52)59(54-31-29-43(37-56(54)58)49-23-12-17-38-13-4-6-18-48(38)49)44-26-25-41-34-46-36-47(30-27-42(46)33-45(41)35-44)61-57-24-11-10-20-51(57)55-32-28-39-14-5-7-19-50(39)60(55)61/h1-37H. The monoisotopic (exact) mass is 771 g/mol. The van der Waals surface area contributed by atoms with Crippen LogP contribution in [0.15, 0.2) is 224 Å². The molecule has 1 heterocycles. The van der Waals surface area contributed by atoms with Gasteiger partial charge in [-0.15, -0.1) is 0 Å². The molecule has 0 atom stereocenters. The largest absolute Gasteiger partial charge is 0.309 e. The molecule has 0 spiro atoms. The van der Waals surface area contributed by atoms with Gasteiger partial charge >= 0.3 is 0 Å². The van der Waals surface area contributed by atoms with E-state index >= 15 is 0 Å². The van der Waals surface area contributed by atoms with E-state index in [1.165, 1.54) is 126 Å². The van der Waals surface area contributed by atoms with Crippen LogP contribution in [0.1, 0.15) is 0 Å². The van der Waals surface area contributed by atoms with Crippen molar-refractivity contribution < 1.29 is 0 Å². The Balaban J connectivity index is 1.01. The lowest BCUT2D eigenvalue weighted by molar-refractivity contribution is 1.19. The fraction of sp³-hybridized carbons (Fsp3) is 0. The molecule has 0 aliphatic heterocycles. The maximum Gasteiger partial charge on any atom is 0.0619 e. The smallest absolute Gasteiger partial charge is 0.0619 e. The second-order valence-electron chi connectivity index (χ2n) is 16.4. The third-order valence-corrected chi connectivity index (χ3v) is 13.1. The van der Waals surface area contributed by atoms with E-state index in [1.54, 1.807) is 0 Å². The van der Waals surface area contributed by atoms with Gasteiger partial charge in [0.2, 0.25) is 0 Å². The van der Waals surface area contributed by atoms with Crippen LogP contribution < -0.4 is 0 Å². The molecule has 0 fully saturated rings. The van der Waals surface area contributed by atoms with E-state index in [-0.39, 0.29) is 0 Å². The van der Waals surface area contributed by atoms with E-state index in [9.17, 15) is 0 Å². The van der Waals surface area contributed by atoms with Gasteiger partial charge < -0.3 is 4.57 Å². The quantitative estimate of drug-likeness (QED) is 0.157. The Bertz CT molecular complexity index is 3920. The van der Waals surface area contributed by atoms with Crippen molar-refractivity contribution in [3.63, 3.8) is 0 Å². The third kappa shape index (κ3) is 5.21. The van der Waals surface area contributed by atoms with Crippen LogP contribution in [-0.4, -0.2) is 4.57 Å². The fourth-order valence-corrected chi connectivity index (χ4v) is 10.3. The molecule has 1 nitrogen and oxygen atoms in total. The molecule has 61 heavy (non-hydrogen) atoms. The van der Waals surface area contributed by atoms with Crippen molar-refractivity contribution in [3.05, 3.63) is 224 Å². The predicted octanol–water partition coefficient (Wildman–Crippen LogP) is 16.7. The summed E-state index contributed by atoms with van der Waals surface area (Å²) in [6.45, 7) is 0. The zero-order chi connectivity index (χ0) is 40.0. The lowest BCUT2D eigenvalue weighted by Gasteiger charge is -2.19. The number of hydrogen-bond donors (Lipinski definition) is 0. The summed E-state index contributed by atoms with van der Waals surface area (Å²) in [6, 6.07) is 83.2. The Morgan fingerprint density at radius 3 is 1.61 bits per heavy atom. The first-order chi connectivity index (χ1) is 30.2. The summed E-state index contributed by atoms with van der Waals surface area (Å²) in [4.78, 5) is 0. The van der Waals surface area contributed by atoms with Gasteiger partial charge in [-0.3, -0.25) is 0 Å². The lowest BCUT2D eigenvalue weighted by Crippen LogP contribution is -1.94. The van der Waals surface area contributed by atoms with Crippen molar-refractivity contribution in [1.29, 1.82) is 0 Å². The molecule has 0 N–H and O–H groups in total. The van der Waals surface area contributed by atoms with Crippen LogP contribution in [0.3, 0.4) is 0 Å². The number of hydrogen-bond acceptors (Lipinski definition) is 0. The average Bonchev–Trinajstić information content (AvgIpc) is 3.67. The second-order valence-corrected chi connectivity index (χ2v) is 16.4. The summed E-state index contributed by atoms with van der Waals surface area (Å²) < 4.78 is 2.46. The highest BCUT2D eigenvalue weighted by molar-refractivity contribution is 6.23. The number of fused-ring (bicyclic) bond motifs is 10. The predicted molar refractivity (Wildman–Crippen MR) is 262 cm³/mol. The van der Waals surface area contributed by atoms with Gasteiger partial charge in [-0.25, -0.2) is 0 Å². The van der Waals surface area contributed by atoms with Gasteiger partial charge in [-0.05, 0) is 135 Å². The molecule has 0 saturated carbocycles. The van der Waals surface area contributed by atoms with Gasteiger partial charge in [0.15, 0.2) is 0 Å². The van der Waals surface area contributed by atoms with Gasteiger partial charge in [0, 0.05) is 21.8 Å².